The average Bonchev–Trinajstić information content (AvgIpc) is 2.45. The first-order valence-electron chi connectivity index (χ1n) is 6.17. The van der Waals surface area contributed by atoms with Gasteiger partial charge in [-0.2, -0.15) is 0 Å². The van der Waals surface area contributed by atoms with Gasteiger partial charge in [0.15, 0.2) is 17.5 Å². The highest BCUT2D eigenvalue weighted by molar-refractivity contribution is 5.92. The van der Waals surface area contributed by atoms with E-state index in [1.165, 1.54) is 11.9 Å². The van der Waals surface area contributed by atoms with Crippen LogP contribution in [0.25, 0.3) is 0 Å². The van der Waals surface area contributed by atoms with Crippen LogP contribution in [0.4, 0.5) is 18.9 Å². The molecule has 2 N–H and O–H groups in total. The molecule has 0 radical (unpaired) electrons. The second-order valence-electron chi connectivity index (χ2n) is 4.42. The molecule has 0 fully saturated rings. The van der Waals surface area contributed by atoms with Gasteiger partial charge in [-0.15, -0.1) is 6.42 Å². The first kappa shape index (κ1) is 17.5. The molecule has 0 aliphatic heterocycles. The van der Waals surface area contributed by atoms with Crippen LogP contribution >= 0.6 is 0 Å². The standard InChI is InChI=1S/C14H14F3N3O2/c1-3-6-18-11(21)7-20(2)8-12(22)19-10-5-4-9(15)13(16)14(10)17/h1,4-5H,6-8H2,2H3,(H,18,21)(H,19,22). The van der Waals surface area contributed by atoms with Crippen LogP contribution in [0.15, 0.2) is 12.1 Å². The number of rotatable bonds is 6. The van der Waals surface area contributed by atoms with Crippen LogP contribution in [0.1, 0.15) is 0 Å². The van der Waals surface area contributed by atoms with Crippen molar-refractivity contribution in [3.8, 4) is 12.3 Å². The van der Waals surface area contributed by atoms with Crippen molar-refractivity contribution in [2.24, 2.45) is 0 Å². The number of hydrogen-bond donors (Lipinski definition) is 2. The molecule has 0 saturated heterocycles. The summed E-state index contributed by atoms with van der Waals surface area (Å²) in [4.78, 5) is 24.4. The smallest absolute Gasteiger partial charge is 0.238 e. The highest BCUT2D eigenvalue weighted by Gasteiger charge is 2.16. The number of nitrogens with zero attached hydrogens (tertiary/aromatic N) is 1. The number of halogens is 3. The SMILES string of the molecule is C#CCNC(=O)CN(C)CC(=O)Nc1ccc(F)c(F)c1F. The lowest BCUT2D eigenvalue weighted by Crippen LogP contribution is -2.39. The number of nitrogens with one attached hydrogen (secondary N) is 2. The monoisotopic (exact) mass is 313 g/mol. The number of likely N-dealkylation sites (N-methyl/N-ethyl adjacent to an activating group) is 1. The predicted molar refractivity (Wildman–Crippen MR) is 74.3 cm³/mol. The molecule has 0 heterocycles. The van der Waals surface area contributed by atoms with Gasteiger partial charge in [-0.1, -0.05) is 5.92 Å². The van der Waals surface area contributed by atoms with E-state index in [9.17, 15) is 22.8 Å². The summed E-state index contributed by atoms with van der Waals surface area (Å²) < 4.78 is 39.2. The van der Waals surface area contributed by atoms with Crippen LogP contribution in [-0.4, -0.2) is 43.4 Å². The summed E-state index contributed by atoms with van der Waals surface area (Å²) in [6.45, 7) is -0.282. The third-order valence-electron chi connectivity index (χ3n) is 2.52. The molecule has 0 aliphatic rings. The number of benzene rings is 1. The van der Waals surface area contributed by atoms with E-state index in [2.05, 4.69) is 16.6 Å². The Morgan fingerprint density at radius 1 is 1.18 bits per heavy atom. The van der Waals surface area contributed by atoms with Crippen LogP contribution in [0.2, 0.25) is 0 Å². The van der Waals surface area contributed by atoms with Crippen molar-refractivity contribution in [3.63, 3.8) is 0 Å². The van der Waals surface area contributed by atoms with Gasteiger partial charge in [0, 0.05) is 0 Å². The number of hydrogen-bond acceptors (Lipinski definition) is 3. The van der Waals surface area contributed by atoms with Gasteiger partial charge in [0.25, 0.3) is 0 Å². The van der Waals surface area contributed by atoms with Crippen LogP contribution in [0.3, 0.4) is 0 Å². The number of anilines is 1. The maximum atomic E-state index is 13.4. The Kier molecular flexibility index (Phi) is 6.41. The summed E-state index contributed by atoms with van der Waals surface area (Å²) in [6, 6.07) is 1.61. The van der Waals surface area contributed by atoms with Crippen LogP contribution in [0, 0.1) is 29.8 Å². The van der Waals surface area contributed by atoms with Crippen molar-refractivity contribution >= 4 is 17.5 Å². The van der Waals surface area contributed by atoms with Crippen molar-refractivity contribution in [1.82, 2.24) is 10.2 Å². The molecule has 8 heteroatoms. The van der Waals surface area contributed by atoms with Gasteiger partial charge in [0.1, 0.15) is 0 Å². The number of terminal acetylenes is 1. The molecule has 2 amide bonds. The second kappa shape index (κ2) is 8.05. The third-order valence-corrected chi connectivity index (χ3v) is 2.52. The normalized spacial score (nSPS) is 10.2. The van der Waals surface area contributed by atoms with Crippen molar-refractivity contribution in [3.05, 3.63) is 29.6 Å². The summed E-state index contributed by atoms with van der Waals surface area (Å²) in [5, 5.41) is 4.51. The summed E-state index contributed by atoms with van der Waals surface area (Å²) in [6.07, 6.45) is 4.98. The number of carbonyl (C=O) groups excluding carboxylic acids is 2. The van der Waals surface area contributed by atoms with E-state index in [1.807, 2.05) is 0 Å². The number of amides is 2. The van der Waals surface area contributed by atoms with E-state index in [4.69, 9.17) is 6.42 Å². The Morgan fingerprint density at radius 3 is 2.45 bits per heavy atom. The van der Waals surface area contributed by atoms with E-state index in [0.717, 1.165) is 6.07 Å². The first-order chi connectivity index (χ1) is 10.3. The molecular weight excluding hydrogens is 299 g/mol. The van der Waals surface area contributed by atoms with Gasteiger partial charge < -0.3 is 10.6 Å². The van der Waals surface area contributed by atoms with Gasteiger partial charge in [0.05, 0.1) is 25.3 Å². The molecule has 22 heavy (non-hydrogen) atoms. The van der Waals surface area contributed by atoms with E-state index in [-0.39, 0.29) is 25.5 Å². The highest BCUT2D eigenvalue weighted by Crippen LogP contribution is 2.19. The summed E-state index contributed by atoms with van der Waals surface area (Å²) in [5.74, 6) is -3.34. The van der Waals surface area contributed by atoms with Gasteiger partial charge in [-0.25, -0.2) is 13.2 Å². The quantitative estimate of drug-likeness (QED) is 0.601. The zero-order chi connectivity index (χ0) is 16.7. The van der Waals surface area contributed by atoms with Gasteiger partial charge in [0.2, 0.25) is 11.8 Å². The lowest BCUT2D eigenvalue weighted by molar-refractivity contribution is -0.122. The Morgan fingerprint density at radius 2 is 1.82 bits per heavy atom. The second-order valence-corrected chi connectivity index (χ2v) is 4.42. The molecule has 0 bridgehead atoms. The van der Waals surface area contributed by atoms with E-state index < -0.39 is 29.0 Å². The largest absolute Gasteiger partial charge is 0.344 e. The lowest BCUT2D eigenvalue weighted by atomic mass is 10.2. The highest BCUT2D eigenvalue weighted by atomic mass is 19.2. The molecular formula is C14H14F3N3O2. The zero-order valence-electron chi connectivity index (χ0n) is 11.8. The van der Waals surface area contributed by atoms with Gasteiger partial charge >= 0.3 is 0 Å². The van der Waals surface area contributed by atoms with Crippen molar-refractivity contribution in [2.45, 2.75) is 0 Å². The number of carbonyl (C=O) groups is 2. The topological polar surface area (TPSA) is 61.4 Å². The summed E-state index contributed by atoms with van der Waals surface area (Å²) in [5.41, 5.74) is -0.478. The molecule has 1 rings (SSSR count). The van der Waals surface area contributed by atoms with Crippen molar-refractivity contribution < 1.29 is 22.8 Å². The molecule has 1 aromatic carbocycles. The molecule has 5 nitrogen and oxygen atoms in total. The summed E-state index contributed by atoms with van der Waals surface area (Å²) >= 11 is 0. The minimum atomic E-state index is -1.67. The molecule has 1 aromatic rings. The van der Waals surface area contributed by atoms with E-state index >= 15 is 0 Å². The van der Waals surface area contributed by atoms with Crippen molar-refractivity contribution in [1.29, 1.82) is 0 Å². The predicted octanol–water partition coefficient (Wildman–Crippen LogP) is 0.724. The van der Waals surface area contributed by atoms with Crippen molar-refractivity contribution in [2.75, 3.05) is 32.0 Å². The Hall–Kier alpha value is -2.53. The molecule has 0 atom stereocenters. The van der Waals surface area contributed by atoms with Crippen LogP contribution in [-0.2, 0) is 9.59 Å². The molecule has 0 aliphatic carbocycles. The molecule has 0 saturated carbocycles. The van der Waals surface area contributed by atoms with E-state index in [1.54, 1.807) is 0 Å². The third kappa shape index (κ3) is 5.10. The van der Waals surface area contributed by atoms with E-state index in [0.29, 0.717) is 6.07 Å². The molecule has 0 aromatic heterocycles. The Balaban J connectivity index is 2.55. The first-order valence-corrected chi connectivity index (χ1v) is 6.17. The molecule has 0 unspecified atom stereocenters. The maximum absolute atomic E-state index is 13.4. The average molecular weight is 313 g/mol. The maximum Gasteiger partial charge on any atom is 0.238 e. The Bertz CT molecular complexity index is 614. The Labute approximate surface area is 125 Å². The minimum absolute atomic E-state index is 0.0684. The zero-order valence-corrected chi connectivity index (χ0v) is 11.8. The minimum Gasteiger partial charge on any atom is -0.344 e. The molecule has 0 spiro atoms. The van der Waals surface area contributed by atoms with Crippen LogP contribution < -0.4 is 10.6 Å². The fourth-order valence-electron chi connectivity index (χ4n) is 1.56. The molecule has 118 valence electrons. The summed E-state index contributed by atoms with van der Waals surface area (Å²) in [7, 11) is 1.48. The fraction of sp³-hybridized carbons (Fsp3) is 0.286. The van der Waals surface area contributed by atoms with Gasteiger partial charge in [-0.3, -0.25) is 14.5 Å². The van der Waals surface area contributed by atoms with Gasteiger partial charge in [-0.05, 0) is 19.2 Å². The van der Waals surface area contributed by atoms with Crippen LogP contribution in [0.5, 0.6) is 0 Å². The fourth-order valence-corrected chi connectivity index (χ4v) is 1.56. The lowest BCUT2D eigenvalue weighted by Gasteiger charge is -2.15.